The van der Waals surface area contributed by atoms with Crippen LogP contribution in [0, 0.1) is 12.3 Å². The van der Waals surface area contributed by atoms with Gasteiger partial charge in [-0.15, -0.1) is 12.3 Å². The molecule has 0 aliphatic carbocycles. The maximum absolute atomic E-state index is 11.4. The number of hydrogen-bond donors (Lipinski definition) is 4. The molecule has 4 N–H and O–H groups in total. The van der Waals surface area contributed by atoms with Crippen LogP contribution in [0.4, 0.5) is 0 Å². The highest BCUT2D eigenvalue weighted by Gasteiger charge is 2.43. The third-order valence-electron chi connectivity index (χ3n) is 3.53. The topological polar surface area (TPSA) is 116 Å². The van der Waals surface area contributed by atoms with E-state index in [0.717, 1.165) is 0 Å². The van der Waals surface area contributed by atoms with Gasteiger partial charge in [0.2, 0.25) is 0 Å². The molecule has 0 saturated carbocycles. The third kappa shape index (κ3) is 5.65. The number of ketones is 1. The van der Waals surface area contributed by atoms with Crippen LogP contribution in [-0.4, -0.2) is 70.1 Å². The molecular weight excluding hydrogens is 292 g/mol. The van der Waals surface area contributed by atoms with Crippen LogP contribution < -0.4 is 0 Å². The lowest BCUT2D eigenvalue weighted by atomic mass is 9.99. The number of unbranched alkanes of at least 4 members (excludes halogenated alkanes) is 1. The molecule has 1 saturated heterocycles. The van der Waals surface area contributed by atoms with Crippen molar-refractivity contribution in [2.45, 2.75) is 62.8 Å². The van der Waals surface area contributed by atoms with Crippen molar-refractivity contribution in [1.29, 1.82) is 0 Å². The molecule has 1 fully saturated rings. The summed E-state index contributed by atoms with van der Waals surface area (Å²) in [5, 5.41) is 38.0. The number of hydrogen-bond acceptors (Lipinski definition) is 7. The highest BCUT2D eigenvalue weighted by atomic mass is 16.7. The van der Waals surface area contributed by atoms with Crippen molar-refractivity contribution in [3.8, 4) is 12.3 Å². The summed E-state index contributed by atoms with van der Waals surface area (Å²) >= 11 is 0. The maximum atomic E-state index is 11.4. The van der Waals surface area contributed by atoms with Crippen LogP contribution in [0.1, 0.15) is 32.1 Å². The van der Waals surface area contributed by atoms with Gasteiger partial charge >= 0.3 is 0 Å². The molecule has 0 bridgehead atoms. The summed E-state index contributed by atoms with van der Waals surface area (Å²) in [5.41, 5.74) is 0. The third-order valence-corrected chi connectivity index (χ3v) is 3.53. The Morgan fingerprint density at radius 3 is 2.50 bits per heavy atom. The van der Waals surface area contributed by atoms with E-state index in [-0.39, 0.29) is 12.4 Å². The van der Waals surface area contributed by atoms with Crippen LogP contribution in [0.3, 0.4) is 0 Å². The number of rotatable bonds is 9. The lowest BCUT2D eigenvalue weighted by Gasteiger charge is -2.39. The van der Waals surface area contributed by atoms with Crippen molar-refractivity contribution in [2.24, 2.45) is 0 Å². The number of carbonyl (C=O) groups is 1. The monoisotopic (exact) mass is 316 g/mol. The van der Waals surface area contributed by atoms with Crippen molar-refractivity contribution in [3.05, 3.63) is 0 Å². The Bertz CT molecular complexity index is 377. The van der Waals surface area contributed by atoms with Gasteiger partial charge in [0.15, 0.2) is 6.29 Å². The van der Waals surface area contributed by atoms with E-state index in [1.54, 1.807) is 0 Å². The Labute approximate surface area is 129 Å². The summed E-state index contributed by atoms with van der Waals surface area (Å²) in [6, 6.07) is 0. The largest absolute Gasteiger partial charge is 0.394 e. The van der Waals surface area contributed by atoms with Gasteiger partial charge in [0.05, 0.1) is 6.61 Å². The average molecular weight is 316 g/mol. The van der Waals surface area contributed by atoms with Crippen molar-refractivity contribution in [3.63, 3.8) is 0 Å². The molecule has 126 valence electrons. The van der Waals surface area contributed by atoms with Crippen molar-refractivity contribution >= 4 is 5.78 Å². The first kappa shape index (κ1) is 19.0. The van der Waals surface area contributed by atoms with Crippen LogP contribution in [-0.2, 0) is 14.3 Å². The van der Waals surface area contributed by atoms with E-state index in [9.17, 15) is 20.1 Å². The van der Waals surface area contributed by atoms with Crippen molar-refractivity contribution < 1.29 is 34.7 Å². The Balaban J connectivity index is 2.24. The molecule has 1 heterocycles. The highest BCUT2D eigenvalue weighted by Crippen LogP contribution is 2.22. The fourth-order valence-electron chi connectivity index (χ4n) is 2.17. The van der Waals surface area contributed by atoms with E-state index in [1.807, 2.05) is 0 Å². The van der Waals surface area contributed by atoms with Crippen LogP contribution in [0.15, 0.2) is 0 Å². The minimum Gasteiger partial charge on any atom is -0.394 e. The van der Waals surface area contributed by atoms with E-state index in [4.69, 9.17) is 21.0 Å². The summed E-state index contributed by atoms with van der Waals surface area (Å²) < 4.78 is 10.5. The molecule has 7 heteroatoms. The van der Waals surface area contributed by atoms with Gasteiger partial charge in [0, 0.05) is 25.9 Å². The summed E-state index contributed by atoms with van der Waals surface area (Å²) in [5.74, 6) is 2.51. The molecule has 1 rings (SSSR count). The van der Waals surface area contributed by atoms with E-state index < -0.39 is 37.3 Å². The zero-order valence-electron chi connectivity index (χ0n) is 12.4. The van der Waals surface area contributed by atoms with Gasteiger partial charge in [0.25, 0.3) is 0 Å². The van der Waals surface area contributed by atoms with Gasteiger partial charge in [-0.1, -0.05) is 0 Å². The number of terminal acetylenes is 1. The van der Waals surface area contributed by atoms with E-state index in [2.05, 4.69) is 5.92 Å². The fraction of sp³-hybridized carbons (Fsp3) is 0.800. The molecule has 5 atom stereocenters. The highest BCUT2D eigenvalue weighted by molar-refractivity contribution is 5.78. The molecule has 0 aromatic heterocycles. The summed E-state index contributed by atoms with van der Waals surface area (Å²) in [4.78, 5) is 11.4. The smallest absolute Gasteiger partial charge is 0.186 e. The number of carbonyl (C=O) groups excluding carboxylic acids is 1. The van der Waals surface area contributed by atoms with E-state index in [0.29, 0.717) is 32.1 Å². The van der Waals surface area contributed by atoms with Gasteiger partial charge in [0.1, 0.15) is 30.2 Å². The predicted molar refractivity (Wildman–Crippen MR) is 76.6 cm³/mol. The molecule has 1 aliphatic rings. The van der Waals surface area contributed by atoms with Crippen molar-refractivity contribution in [2.75, 3.05) is 13.2 Å². The second-order valence-corrected chi connectivity index (χ2v) is 5.27. The molecule has 1 aliphatic heterocycles. The van der Waals surface area contributed by atoms with Crippen LogP contribution >= 0.6 is 0 Å². The van der Waals surface area contributed by atoms with Gasteiger partial charge in [-0.05, 0) is 12.8 Å². The van der Waals surface area contributed by atoms with Gasteiger partial charge in [-0.3, -0.25) is 4.79 Å². The number of ether oxygens (including phenoxy) is 2. The van der Waals surface area contributed by atoms with E-state index >= 15 is 0 Å². The molecule has 0 amide bonds. The maximum Gasteiger partial charge on any atom is 0.186 e. The Morgan fingerprint density at radius 1 is 1.14 bits per heavy atom. The summed E-state index contributed by atoms with van der Waals surface area (Å²) in [7, 11) is 0. The molecule has 0 spiro atoms. The Kier molecular flexibility index (Phi) is 8.56. The number of aliphatic hydroxyl groups is 4. The number of Topliss-reactive ketones (excluding diaryl/α,β-unsaturated/α-hetero) is 1. The summed E-state index contributed by atoms with van der Waals surface area (Å²) in [6.45, 7) is -0.264. The van der Waals surface area contributed by atoms with Crippen LogP contribution in [0.5, 0.6) is 0 Å². The Hall–Kier alpha value is -1.01. The Morgan fingerprint density at radius 2 is 1.86 bits per heavy atom. The van der Waals surface area contributed by atoms with Gasteiger partial charge in [-0.25, -0.2) is 0 Å². The van der Waals surface area contributed by atoms with Gasteiger partial charge in [-0.2, -0.15) is 0 Å². The molecule has 0 aromatic carbocycles. The molecule has 2 unspecified atom stereocenters. The lowest BCUT2D eigenvalue weighted by molar-refractivity contribution is -0.301. The first-order valence-electron chi connectivity index (χ1n) is 7.38. The fourth-order valence-corrected chi connectivity index (χ4v) is 2.17. The molecule has 7 nitrogen and oxygen atoms in total. The quantitative estimate of drug-likeness (QED) is 0.317. The van der Waals surface area contributed by atoms with Crippen LogP contribution in [0.2, 0.25) is 0 Å². The molecular formula is C15H24O7. The lowest BCUT2D eigenvalue weighted by Crippen LogP contribution is -2.59. The van der Waals surface area contributed by atoms with Gasteiger partial charge < -0.3 is 29.9 Å². The first-order chi connectivity index (χ1) is 10.5. The number of aliphatic hydroxyl groups excluding tert-OH is 4. The van der Waals surface area contributed by atoms with Crippen molar-refractivity contribution in [1.82, 2.24) is 0 Å². The minimum atomic E-state index is -1.44. The van der Waals surface area contributed by atoms with E-state index in [1.165, 1.54) is 0 Å². The normalized spacial score (nSPS) is 31.7. The summed E-state index contributed by atoms with van der Waals surface area (Å²) in [6.07, 6.45) is 1.20. The SMILES string of the molecule is C#CCCC(=O)CCCCO[C@H]1OC(CO)[C@@H](O)[C@H](O)C1O. The minimum absolute atomic E-state index is 0.103. The molecule has 0 radical (unpaired) electrons. The van der Waals surface area contributed by atoms with Crippen LogP contribution in [0.25, 0.3) is 0 Å². The predicted octanol–water partition coefficient (Wildman–Crippen LogP) is -1.04. The zero-order valence-corrected chi connectivity index (χ0v) is 12.4. The second kappa shape index (κ2) is 9.90. The second-order valence-electron chi connectivity index (χ2n) is 5.27. The average Bonchev–Trinajstić information content (AvgIpc) is 2.52. The molecule has 22 heavy (non-hydrogen) atoms. The first-order valence-corrected chi connectivity index (χ1v) is 7.38. The standard InChI is InChI=1S/C15H24O7/c1-2-3-6-10(17)7-4-5-8-21-15-14(20)13(19)12(18)11(9-16)22-15/h1,11-16,18-20H,3-9H2/t11?,12-,13+,14?,15+/m1/s1. The zero-order chi connectivity index (χ0) is 16.5. The molecule has 0 aromatic rings.